The molecule has 0 aliphatic heterocycles. The van der Waals surface area contributed by atoms with Gasteiger partial charge >= 0.3 is 0 Å². The molecule has 0 fully saturated rings. The van der Waals surface area contributed by atoms with E-state index in [4.69, 9.17) is 5.73 Å². The summed E-state index contributed by atoms with van der Waals surface area (Å²) in [6.45, 7) is 0.665. The average molecular weight is 272 g/mol. The highest BCUT2D eigenvalue weighted by molar-refractivity contribution is 7.98. The van der Waals surface area contributed by atoms with Gasteiger partial charge in [0.25, 0.3) is 0 Å². The number of hydrogen-bond acceptors (Lipinski definition) is 3. The minimum atomic E-state index is -0.397. The molecule has 1 amide bonds. The number of carbonyl (C=O) groups is 1. The molecule has 98 valence electrons. The number of primary amides is 1. The minimum Gasteiger partial charge on any atom is -0.380 e. The molecular formula is C15H16N2OS. The first kappa shape index (κ1) is 13.5. The number of anilines is 1. The Bertz CT molecular complexity index is 584. The molecule has 2 aromatic carbocycles. The van der Waals surface area contributed by atoms with Crippen molar-refractivity contribution in [3.63, 3.8) is 0 Å². The minimum absolute atomic E-state index is 0.397. The zero-order valence-electron chi connectivity index (χ0n) is 10.7. The van der Waals surface area contributed by atoms with E-state index < -0.39 is 5.91 Å². The Morgan fingerprint density at radius 1 is 1.21 bits per heavy atom. The highest BCUT2D eigenvalue weighted by atomic mass is 32.2. The molecule has 0 radical (unpaired) electrons. The summed E-state index contributed by atoms with van der Waals surface area (Å²) in [5, 5.41) is 3.37. The van der Waals surface area contributed by atoms with Gasteiger partial charge in [0.1, 0.15) is 0 Å². The molecule has 4 heteroatoms. The maximum atomic E-state index is 11.1. The SMILES string of the molecule is CSc1ccccc1NCc1cccc(C(N)=O)c1. The largest absolute Gasteiger partial charge is 0.380 e. The number of benzene rings is 2. The second kappa shape index (κ2) is 6.29. The molecule has 3 nitrogen and oxygen atoms in total. The summed E-state index contributed by atoms with van der Waals surface area (Å²) in [5.74, 6) is -0.397. The summed E-state index contributed by atoms with van der Waals surface area (Å²) in [6.07, 6.45) is 2.05. The number of carbonyl (C=O) groups excluding carboxylic acids is 1. The van der Waals surface area contributed by atoms with Crippen LogP contribution < -0.4 is 11.1 Å². The van der Waals surface area contributed by atoms with Crippen molar-refractivity contribution < 1.29 is 4.79 Å². The lowest BCUT2D eigenvalue weighted by atomic mass is 10.1. The van der Waals surface area contributed by atoms with Crippen LogP contribution in [-0.2, 0) is 6.54 Å². The number of rotatable bonds is 5. The molecule has 0 saturated heterocycles. The van der Waals surface area contributed by atoms with Gasteiger partial charge in [-0.25, -0.2) is 0 Å². The summed E-state index contributed by atoms with van der Waals surface area (Å²) >= 11 is 1.70. The van der Waals surface area contributed by atoms with Crippen LogP contribution in [0.1, 0.15) is 15.9 Å². The fourth-order valence-corrected chi connectivity index (χ4v) is 2.40. The van der Waals surface area contributed by atoms with Crippen LogP contribution in [0.2, 0.25) is 0 Å². The van der Waals surface area contributed by atoms with E-state index in [0.717, 1.165) is 11.3 Å². The van der Waals surface area contributed by atoms with Gasteiger partial charge in [-0.3, -0.25) is 4.79 Å². The quantitative estimate of drug-likeness (QED) is 0.822. The Morgan fingerprint density at radius 3 is 2.74 bits per heavy atom. The van der Waals surface area contributed by atoms with Gasteiger partial charge in [-0.15, -0.1) is 11.8 Å². The van der Waals surface area contributed by atoms with Crippen molar-refractivity contribution in [2.24, 2.45) is 5.73 Å². The molecule has 0 aromatic heterocycles. The van der Waals surface area contributed by atoms with Crippen LogP contribution in [0.3, 0.4) is 0 Å². The number of nitrogens with two attached hydrogens (primary N) is 1. The normalized spacial score (nSPS) is 10.2. The fourth-order valence-electron chi connectivity index (χ4n) is 1.82. The fraction of sp³-hybridized carbons (Fsp3) is 0.133. The predicted octanol–water partition coefficient (Wildman–Crippen LogP) is 3.12. The molecule has 0 bridgehead atoms. The second-order valence-corrected chi connectivity index (χ2v) is 4.97. The first-order chi connectivity index (χ1) is 9.20. The molecule has 0 aliphatic carbocycles. The third-order valence-corrected chi connectivity index (χ3v) is 3.60. The van der Waals surface area contributed by atoms with Gasteiger partial charge in [-0.2, -0.15) is 0 Å². The van der Waals surface area contributed by atoms with E-state index in [2.05, 4.69) is 11.4 Å². The summed E-state index contributed by atoms with van der Waals surface area (Å²) in [5.41, 5.74) is 7.94. The monoisotopic (exact) mass is 272 g/mol. The van der Waals surface area contributed by atoms with Crippen LogP contribution in [-0.4, -0.2) is 12.2 Å². The molecular weight excluding hydrogens is 256 g/mol. The number of para-hydroxylation sites is 1. The summed E-state index contributed by atoms with van der Waals surface area (Å²) < 4.78 is 0. The zero-order valence-corrected chi connectivity index (χ0v) is 11.5. The Balaban J connectivity index is 2.10. The van der Waals surface area contributed by atoms with Gasteiger partial charge in [0, 0.05) is 22.7 Å². The standard InChI is InChI=1S/C15H16N2OS/c1-19-14-8-3-2-7-13(14)17-10-11-5-4-6-12(9-11)15(16)18/h2-9,17H,10H2,1H3,(H2,16,18). The van der Waals surface area contributed by atoms with Crippen LogP contribution >= 0.6 is 11.8 Å². The van der Waals surface area contributed by atoms with E-state index in [9.17, 15) is 4.79 Å². The van der Waals surface area contributed by atoms with Gasteiger partial charge in [0.2, 0.25) is 5.91 Å². The third kappa shape index (κ3) is 3.51. The predicted molar refractivity (Wildman–Crippen MR) is 80.5 cm³/mol. The van der Waals surface area contributed by atoms with Crippen molar-refractivity contribution in [1.29, 1.82) is 0 Å². The molecule has 2 aromatic rings. The van der Waals surface area contributed by atoms with Crippen molar-refractivity contribution in [1.82, 2.24) is 0 Å². The highest BCUT2D eigenvalue weighted by Gasteiger charge is 2.03. The zero-order chi connectivity index (χ0) is 13.7. The second-order valence-electron chi connectivity index (χ2n) is 4.12. The van der Waals surface area contributed by atoms with Crippen molar-refractivity contribution in [3.8, 4) is 0 Å². The molecule has 19 heavy (non-hydrogen) atoms. The van der Waals surface area contributed by atoms with Gasteiger partial charge in [0.15, 0.2) is 0 Å². The lowest BCUT2D eigenvalue weighted by Gasteiger charge is -2.10. The molecule has 2 rings (SSSR count). The van der Waals surface area contributed by atoms with Crippen LogP contribution in [0.25, 0.3) is 0 Å². The van der Waals surface area contributed by atoms with Crippen molar-refractivity contribution >= 4 is 23.4 Å². The van der Waals surface area contributed by atoms with Crippen molar-refractivity contribution in [2.75, 3.05) is 11.6 Å². The van der Waals surface area contributed by atoms with Crippen LogP contribution in [0, 0.1) is 0 Å². The van der Waals surface area contributed by atoms with E-state index in [-0.39, 0.29) is 0 Å². The lowest BCUT2D eigenvalue weighted by Crippen LogP contribution is -2.11. The van der Waals surface area contributed by atoms with Gasteiger partial charge in [-0.05, 0) is 36.1 Å². The molecule has 0 aliphatic rings. The van der Waals surface area contributed by atoms with E-state index in [0.29, 0.717) is 12.1 Å². The number of nitrogens with one attached hydrogen (secondary N) is 1. The van der Waals surface area contributed by atoms with Gasteiger partial charge < -0.3 is 11.1 Å². The number of amides is 1. The first-order valence-corrected chi connectivity index (χ1v) is 7.19. The van der Waals surface area contributed by atoms with Crippen molar-refractivity contribution in [3.05, 3.63) is 59.7 Å². The van der Waals surface area contributed by atoms with Crippen LogP contribution in [0.15, 0.2) is 53.4 Å². The van der Waals surface area contributed by atoms with Gasteiger partial charge in [0.05, 0.1) is 0 Å². The Hall–Kier alpha value is -1.94. The molecule has 0 unspecified atom stereocenters. The number of hydrogen-bond donors (Lipinski definition) is 2. The maximum Gasteiger partial charge on any atom is 0.248 e. The molecule has 0 spiro atoms. The Labute approximate surface area is 117 Å². The van der Waals surface area contributed by atoms with E-state index >= 15 is 0 Å². The summed E-state index contributed by atoms with van der Waals surface area (Å²) in [7, 11) is 0. The molecule has 0 atom stereocenters. The third-order valence-electron chi connectivity index (χ3n) is 2.80. The summed E-state index contributed by atoms with van der Waals surface area (Å²) in [6, 6.07) is 15.5. The lowest BCUT2D eigenvalue weighted by molar-refractivity contribution is 0.1000. The topological polar surface area (TPSA) is 55.1 Å². The van der Waals surface area contributed by atoms with Crippen molar-refractivity contribution in [2.45, 2.75) is 11.4 Å². The highest BCUT2D eigenvalue weighted by Crippen LogP contribution is 2.25. The first-order valence-electron chi connectivity index (χ1n) is 5.96. The molecule has 0 heterocycles. The molecule has 3 N–H and O–H groups in total. The Morgan fingerprint density at radius 2 is 2.00 bits per heavy atom. The summed E-state index contributed by atoms with van der Waals surface area (Å²) in [4.78, 5) is 12.3. The van der Waals surface area contributed by atoms with Crippen LogP contribution in [0.5, 0.6) is 0 Å². The van der Waals surface area contributed by atoms with Gasteiger partial charge in [-0.1, -0.05) is 24.3 Å². The Kier molecular flexibility index (Phi) is 4.47. The smallest absolute Gasteiger partial charge is 0.248 e. The average Bonchev–Trinajstić information content (AvgIpc) is 2.45. The van der Waals surface area contributed by atoms with Crippen LogP contribution in [0.4, 0.5) is 5.69 Å². The maximum absolute atomic E-state index is 11.1. The van der Waals surface area contributed by atoms with E-state index in [1.807, 2.05) is 42.7 Å². The molecule has 0 saturated carbocycles. The van der Waals surface area contributed by atoms with E-state index in [1.165, 1.54) is 4.90 Å². The number of thioether (sulfide) groups is 1. The van der Waals surface area contributed by atoms with E-state index in [1.54, 1.807) is 17.8 Å².